The Bertz CT molecular complexity index is 369. The van der Waals surface area contributed by atoms with Crippen molar-refractivity contribution >= 4 is 27.4 Å². The van der Waals surface area contributed by atoms with Crippen LogP contribution in [0.15, 0.2) is 10.7 Å². The van der Waals surface area contributed by atoms with E-state index in [-0.39, 0.29) is 5.82 Å². The Morgan fingerprint density at radius 1 is 1.47 bits per heavy atom. The summed E-state index contributed by atoms with van der Waals surface area (Å²) in [4.78, 5) is 5.64. The first kappa shape index (κ1) is 10.6. The van der Waals surface area contributed by atoms with Crippen LogP contribution in [0.4, 0.5) is 15.9 Å². The number of morpholine rings is 1. The van der Waals surface area contributed by atoms with Crippen molar-refractivity contribution in [3.05, 3.63) is 16.5 Å². The number of anilines is 2. The lowest BCUT2D eigenvalue weighted by molar-refractivity contribution is 0.122. The molecule has 0 saturated carbocycles. The van der Waals surface area contributed by atoms with Gasteiger partial charge in [0, 0.05) is 19.3 Å². The van der Waals surface area contributed by atoms with Gasteiger partial charge < -0.3 is 15.4 Å². The van der Waals surface area contributed by atoms with Crippen LogP contribution in [-0.4, -0.2) is 31.3 Å². The highest BCUT2D eigenvalue weighted by Crippen LogP contribution is 2.31. The Kier molecular flexibility index (Phi) is 3.06. The second-order valence-electron chi connectivity index (χ2n) is 3.25. The molecule has 0 aliphatic carbocycles. The highest BCUT2D eigenvalue weighted by molar-refractivity contribution is 9.10. The summed E-state index contributed by atoms with van der Waals surface area (Å²) in [6.45, 7) is 2.54. The first-order valence-corrected chi connectivity index (χ1v) is 5.41. The topological polar surface area (TPSA) is 51.4 Å². The van der Waals surface area contributed by atoms with E-state index in [1.54, 1.807) is 0 Å². The SMILES string of the molecule is Nc1ncc(Br)c(N2CCOCC2)c1F. The van der Waals surface area contributed by atoms with Gasteiger partial charge in [-0.05, 0) is 15.9 Å². The maximum atomic E-state index is 13.7. The van der Waals surface area contributed by atoms with E-state index in [4.69, 9.17) is 10.5 Å². The maximum Gasteiger partial charge on any atom is 0.189 e. The standard InChI is InChI=1S/C9H11BrFN3O/c10-6-5-13-9(12)7(11)8(6)14-1-3-15-4-2-14/h5H,1-4H2,(H2,12,13). The Labute approximate surface area is 95.4 Å². The van der Waals surface area contributed by atoms with Gasteiger partial charge in [-0.1, -0.05) is 0 Å². The molecule has 0 spiro atoms. The Balaban J connectivity index is 2.36. The fourth-order valence-electron chi connectivity index (χ4n) is 1.55. The summed E-state index contributed by atoms with van der Waals surface area (Å²) < 4.78 is 19.6. The molecule has 82 valence electrons. The molecule has 0 amide bonds. The number of nitrogen functional groups attached to an aromatic ring is 1. The lowest BCUT2D eigenvalue weighted by Gasteiger charge is -2.29. The van der Waals surface area contributed by atoms with Gasteiger partial charge in [-0.3, -0.25) is 0 Å². The lowest BCUT2D eigenvalue weighted by atomic mass is 10.3. The molecule has 1 aliphatic rings. The Morgan fingerprint density at radius 2 is 2.13 bits per heavy atom. The molecule has 1 fully saturated rings. The van der Waals surface area contributed by atoms with Gasteiger partial charge in [-0.25, -0.2) is 9.37 Å². The van der Waals surface area contributed by atoms with Gasteiger partial charge in [0.2, 0.25) is 0 Å². The summed E-state index contributed by atoms with van der Waals surface area (Å²) in [5, 5.41) is 0. The number of pyridine rings is 1. The van der Waals surface area contributed by atoms with Gasteiger partial charge in [0.05, 0.1) is 23.4 Å². The number of nitrogens with zero attached hydrogens (tertiary/aromatic N) is 2. The summed E-state index contributed by atoms with van der Waals surface area (Å²) in [6.07, 6.45) is 1.52. The fourth-order valence-corrected chi connectivity index (χ4v) is 2.07. The molecular formula is C9H11BrFN3O. The quantitative estimate of drug-likeness (QED) is 0.842. The highest BCUT2D eigenvalue weighted by Gasteiger charge is 2.20. The van der Waals surface area contributed by atoms with Crippen LogP contribution in [-0.2, 0) is 4.74 Å². The van der Waals surface area contributed by atoms with Crippen LogP contribution in [0, 0.1) is 5.82 Å². The molecule has 6 heteroatoms. The summed E-state index contributed by atoms with van der Waals surface area (Å²) in [7, 11) is 0. The minimum atomic E-state index is -0.466. The van der Waals surface area contributed by atoms with E-state index in [1.165, 1.54) is 6.20 Å². The molecule has 2 rings (SSSR count). The minimum Gasteiger partial charge on any atom is -0.381 e. The zero-order valence-electron chi connectivity index (χ0n) is 8.04. The van der Waals surface area contributed by atoms with Crippen molar-refractivity contribution < 1.29 is 9.13 Å². The van der Waals surface area contributed by atoms with Crippen LogP contribution in [0.5, 0.6) is 0 Å². The average molecular weight is 276 g/mol. The lowest BCUT2D eigenvalue weighted by Crippen LogP contribution is -2.37. The van der Waals surface area contributed by atoms with Crippen molar-refractivity contribution in [2.75, 3.05) is 36.9 Å². The zero-order chi connectivity index (χ0) is 10.8. The van der Waals surface area contributed by atoms with Crippen molar-refractivity contribution in [3.8, 4) is 0 Å². The van der Waals surface area contributed by atoms with Gasteiger partial charge in [0.15, 0.2) is 11.6 Å². The Hall–Kier alpha value is -0.880. The third-order valence-corrected chi connectivity index (χ3v) is 2.88. The number of halogens is 2. The largest absolute Gasteiger partial charge is 0.381 e. The van der Waals surface area contributed by atoms with E-state index in [9.17, 15) is 4.39 Å². The van der Waals surface area contributed by atoms with E-state index in [0.717, 1.165) is 0 Å². The number of nitrogens with two attached hydrogens (primary N) is 1. The van der Waals surface area contributed by atoms with Crippen molar-refractivity contribution in [2.45, 2.75) is 0 Å². The van der Waals surface area contributed by atoms with Gasteiger partial charge in [0.25, 0.3) is 0 Å². The van der Waals surface area contributed by atoms with Gasteiger partial charge in [-0.15, -0.1) is 0 Å². The van der Waals surface area contributed by atoms with E-state index in [1.807, 2.05) is 4.90 Å². The number of hydrogen-bond acceptors (Lipinski definition) is 4. The molecule has 1 aromatic heterocycles. The van der Waals surface area contributed by atoms with Crippen LogP contribution in [0.3, 0.4) is 0 Å². The second kappa shape index (κ2) is 4.32. The zero-order valence-corrected chi connectivity index (χ0v) is 9.63. The van der Waals surface area contributed by atoms with Gasteiger partial charge in [0.1, 0.15) is 0 Å². The molecule has 0 unspecified atom stereocenters. The molecule has 0 atom stereocenters. The number of aromatic nitrogens is 1. The van der Waals surface area contributed by atoms with Gasteiger partial charge >= 0.3 is 0 Å². The fraction of sp³-hybridized carbons (Fsp3) is 0.444. The second-order valence-corrected chi connectivity index (χ2v) is 4.11. The Morgan fingerprint density at radius 3 is 2.80 bits per heavy atom. The molecule has 1 saturated heterocycles. The van der Waals surface area contributed by atoms with E-state index in [0.29, 0.717) is 36.5 Å². The van der Waals surface area contributed by atoms with Gasteiger partial charge in [-0.2, -0.15) is 0 Å². The van der Waals surface area contributed by atoms with E-state index < -0.39 is 5.82 Å². The third-order valence-electron chi connectivity index (χ3n) is 2.30. The molecule has 0 aromatic carbocycles. The van der Waals surface area contributed by atoms with Crippen LogP contribution in [0.2, 0.25) is 0 Å². The van der Waals surface area contributed by atoms with Crippen LogP contribution >= 0.6 is 15.9 Å². The van der Waals surface area contributed by atoms with Crippen molar-refractivity contribution in [1.29, 1.82) is 0 Å². The van der Waals surface area contributed by atoms with E-state index >= 15 is 0 Å². The predicted molar refractivity (Wildman–Crippen MR) is 59.3 cm³/mol. The van der Waals surface area contributed by atoms with E-state index in [2.05, 4.69) is 20.9 Å². The molecule has 2 N–H and O–H groups in total. The minimum absolute atomic E-state index is 0.0697. The molecule has 0 radical (unpaired) electrons. The van der Waals surface area contributed by atoms with Crippen molar-refractivity contribution in [2.24, 2.45) is 0 Å². The maximum absolute atomic E-state index is 13.7. The normalized spacial score (nSPS) is 16.8. The smallest absolute Gasteiger partial charge is 0.189 e. The summed E-state index contributed by atoms with van der Waals surface area (Å²) >= 11 is 3.28. The first-order valence-electron chi connectivity index (χ1n) is 4.62. The predicted octanol–water partition coefficient (Wildman–Crippen LogP) is 1.40. The average Bonchev–Trinajstić information content (AvgIpc) is 2.26. The number of rotatable bonds is 1. The van der Waals surface area contributed by atoms with Crippen LogP contribution in [0.1, 0.15) is 0 Å². The number of hydrogen-bond donors (Lipinski definition) is 1. The summed E-state index contributed by atoms with van der Waals surface area (Å²) in [5.41, 5.74) is 5.91. The molecule has 2 heterocycles. The van der Waals surface area contributed by atoms with Crippen LogP contribution < -0.4 is 10.6 Å². The molecule has 0 bridgehead atoms. The monoisotopic (exact) mass is 275 g/mol. The summed E-state index contributed by atoms with van der Waals surface area (Å²) in [5.74, 6) is -0.536. The number of ether oxygens (including phenoxy) is 1. The molecule has 1 aromatic rings. The first-order chi connectivity index (χ1) is 7.20. The molecule has 4 nitrogen and oxygen atoms in total. The molecule has 1 aliphatic heterocycles. The highest BCUT2D eigenvalue weighted by atomic mass is 79.9. The summed E-state index contributed by atoms with van der Waals surface area (Å²) in [6, 6.07) is 0. The molecule has 15 heavy (non-hydrogen) atoms. The van der Waals surface area contributed by atoms with Crippen molar-refractivity contribution in [1.82, 2.24) is 4.98 Å². The van der Waals surface area contributed by atoms with Crippen molar-refractivity contribution in [3.63, 3.8) is 0 Å². The van der Waals surface area contributed by atoms with Crippen LogP contribution in [0.25, 0.3) is 0 Å². The third kappa shape index (κ3) is 2.05. The molecular weight excluding hydrogens is 265 g/mol.